The normalized spacial score (nSPS) is 15.3. The number of likely N-dealkylation sites (N-methyl/N-ethyl adjacent to an activating group) is 1. The summed E-state index contributed by atoms with van der Waals surface area (Å²) in [6.07, 6.45) is 4.11. The number of hydrogen-bond donors (Lipinski definition) is 2. The fraction of sp³-hybridized carbons (Fsp3) is 0.440. The first-order valence-corrected chi connectivity index (χ1v) is 12.2. The van der Waals surface area contributed by atoms with E-state index < -0.39 is 0 Å². The van der Waals surface area contributed by atoms with E-state index >= 15 is 0 Å². The standard InChI is InChI=1S/C25H34N4O2S/c1-28-13-15-29(16-14-28)12-3-17-31-21-4-7-23(8-5-21)32-27-11-10-20-19-26-25-9-6-22(30-2)18-24(20)25/h4-9,18-19,26-27H,3,10-17H2,1-2H3. The molecule has 1 saturated heterocycles. The van der Waals surface area contributed by atoms with E-state index in [1.165, 1.54) is 42.0 Å². The molecule has 0 amide bonds. The smallest absolute Gasteiger partial charge is 0.119 e. The van der Waals surface area contributed by atoms with E-state index in [0.29, 0.717) is 0 Å². The molecule has 0 bridgehead atoms. The molecule has 1 aliphatic heterocycles. The monoisotopic (exact) mass is 454 g/mol. The number of ether oxygens (including phenoxy) is 2. The van der Waals surface area contributed by atoms with Crippen LogP contribution in [-0.4, -0.2) is 74.8 Å². The lowest BCUT2D eigenvalue weighted by Gasteiger charge is -2.32. The van der Waals surface area contributed by atoms with Gasteiger partial charge < -0.3 is 24.3 Å². The Bertz CT molecular complexity index is 968. The highest BCUT2D eigenvalue weighted by Crippen LogP contribution is 2.24. The molecule has 172 valence electrons. The van der Waals surface area contributed by atoms with Crippen LogP contribution in [0.1, 0.15) is 12.0 Å². The molecule has 7 heteroatoms. The first kappa shape index (κ1) is 23.0. The van der Waals surface area contributed by atoms with Crippen molar-refractivity contribution in [3.8, 4) is 11.5 Å². The number of nitrogens with one attached hydrogen (secondary N) is 2. The van der Waals surface area contributed by atoms with E-state index in [1.54, 1.807) is 19.1 Å². The van der Waals surface area contributed by atoms with Crippen LogP contribution in [-0.2, 0) is 6.42 Å². The Morgan fingerprint density at radius 3 is 2.59 bits per heavy atom. The average molecular weight is 455 g/mol. The van der Waals surface area contributed by atoms with Gasteiger partial charge in [0.05, 0.1) is 13.7 Å². The van der Waals surface area contributed by atoms with Gasteiger partial charge in [-0.15, -0.1) is 0 Å². The van der Waals surface area contributed by atoms with E-state index in [1.807, 2.05) is 6.07 Å². The van der Waals surface area contributed by atoms with E-state index in [-0.39, 0.29) is 0 Å². The maximum absolute atomic E-state index is 5.93. The molecule has 2 heterocycles. The highest BCUT2D eigenvalue weighted by Gasteiger charge is 2.12. The molecule has 0 unspecified atom stereocenters. The lowest BCUT2D eigenvalue weighted by molar-refractivity contribution is 0.145. The number of aromatic amines is 1. The third kappa shape index (κ3) is 6.42. The van der Waals surface area contributed by atoms with Crippen molar-refractivity contribution in [3.63, 3.8) is 0 Å². The summed E-state index contributed by atoms with van der Waals surface area (Å²) in [7, 11) is 3.90. The van der Waals surface area contributed by atoms with Crippen LogP contribution in [0.5, 0.6) is 11.5 Å². The molecule has 4 rings (SSSR count). The van der Waals surface area contributed by atoms with Crippen LogP contribution >= 0.6 is 11.9 Å². The molecular formula is C25H34N4O2S. The van der Waals surface area contributed by atoms with Crippen LogP contribution in [0.25, 0.3) is 10.9 Å². The number of fused-ring (bicyclic) bond motifs is 1. The van der Waals surface area contributed by atoms with E-state index in [0.717, 1.165) is 49.6 Å². The number of methoxy groups -OCH3 is 1. The molecule has 6 nitrogen and oxygen atoms in total. The molecule has 1 fully saturated rings. The Morgan fingerprint density at radius 1 is 1.03 bits per heavy atom. The van der Waals surface area contributed by atoms with Crippen molar-refractivity contribution >= 4 is 22.9 Å². The van der Waals surface area contributed by atoms with Crippen molar-refractivity contribution in [2.75, 3.05) is 60.0 Å². The van der Waals surface area contributed by atoms with Gasteiger partial charge in [-0.1, -0.05) is 0 Å². The first-order chi connectivity index (χ1) is 15.7. The maximum Gasteiger partial charge on any atom is 0.119 e. The van der Waals surface area contributed by atoms with Gasteiger partial charge in [0.25, 0.3) is 0 Å². The van der Waals surface area contributed by atoms with Crippen LogP contribution < -0.4 is 14.2 Å². The van der Waals surface area contributed by atoms with Gasteiger partial charge in [-0.25, -0.2) is 0 Å². The highest BCUT2D eigenvalue weighted by molar-refractivity contribution is 7.97. The third-order valence-corrected chi connectivity index (χ3v) is 6.82. The highest BCUT2D eigenvalue weighted by atomic mass is 32.2. The fourth-order valence-corrected chi connectivity index (χ4v) is 4.61. The Labute approximate surface area is 195 Å². The van der Waals surface area contributed by atoms with E-state index in [2.05, 4.69) is 69.1 Å². The van der Waals surface area contributed by atoms with Gasteiger partial charge in [0.2, 0.25) is 0 Å². The van der Waals surface area contributed by atoms with Crippen LogP contribution in [0.2, 0.25) is 0 Å². The molecule has 0 spiro atoms. The maximum atomic E-state index is 5.93. The fourth-order valence-electron chi connectivity index (χ4n) is 3.96. The average Bonchev–Trinajstić information content (AvgIpc) is 3.23. The zero-order valence-electron chi connectivity index (χ0n) is 19.1. The first-order valence-electron chi connectivity index (χ1n) is 11.4. The van der Waals surface area contributed by atoms with Gasteiger partial charge in [0.1, 0.15) is 11.5 Å². The molecule has 3 aromatic rings. The zero-order valence-corrected chi connectivity index (χ0v) is 19.9. The van der Waals surface area contributed by atoms with Gasteiger partial charge in [0.15, 0.2) is 0 Å². The number of benzene rings is 2. The molecule has 1 aromatic heterocycles. The molecule has 1 aliphatic rings. The van der Waals surface area contributed by atoms with Gasteiger partial charge >= 0.3 is 0 Å². The number of nitrogens with zero attached hydrogens (tertiary/aromatic N) is 2. The predicted octanol–water partition coefficient (Wildman–Crippen LogP) is 4.03. The van der Waals surface area contributed by atoms with Crippen molar-refractivity contribution in [2.45, 2.75) is 17.7 Å². The Kier molecular flexibility index (Phi) is 8.34. The van der Waals surface area contributed by atoms with Gasteiger partial charge in [-0.3, -0.25) is 4.72 Å². The molecule has 2 aromatic carbocycles. The van der Waals surface area contributed by atoms with Crippen LogP contribution in [0, 0.1) is 0 Å². The van der Waals surface area contributed by atoms with E-state index in [4.69, 9.17) is 9.47 Å². The van der Waals surface area contributed by atoms with Crippen LogP contribution in [0.3, 0.4) is 0 Å². The van der Waals surface area contributed by atoms with Gasteiger partial charge in [-0.2, -0.15) is 0 Å². The number of piperazine rings is 1. The largest absolute Gasteiger partial charge is 0.497 e. The van der Waals surface area contributed by atoms with Gasteiger partial charge in [0, 0.05) is 61.3 Å². The summed E-state index contributed by atoms with van der Waals surface area (Å²) in [6.45, 7) is 7.46. The minimum atomic E-state index is 0.770. The van der Waals surface area contributed by atoms with Gasteiger partial charge in [-0.05, 0) is 79.9 Å². The van der Waals surface area contributed by atoms with Crippen LogP contribution in [0.15, 0.2) is 53.6 Å². The quantitative estimate of drug-likeness (QED) is 0.337. The Morgan fingerprint density at radius 2 is 1.81 bits per heavy atom. The second-order valence-corrected chi connectivity index (χ2v) is 9.25. The van der Waals surface area contributed by atoms with E-state index in [9.17, 15) is 0 Å². The molecule has 0 radical (unpaired) electrons. The lowest BCUT2D eigenvalue weighted by Crippen LogP contribution is -2.44. The predicted molar refractivity (Wildman–Crippen MR) is 133 cm³/mol. The lowest BCUT2D eigenvalue weighted by atomic mass is 10.1. The molecule has 0 atom stereocenters. The molecular weight excluding hydrogens is 420 g/mol. The molecule has 32 heavy (non-hydrogen) atoms. The SMILES string of the molecule is COc1ccc2[nH]cc(CCNSc3ccc(OCCCN4CCN(C)CC4)cc3)c2c1. The summed E-state index contributed by atoms with van der Waals surface area (Å²) in [4.78, 5) is 9.45. The second kappa shape index (κ2) is 11.6. The van der Waals surface area contributed by atoms with Crippen molar-refractivity contribution in [3.05, 3.63) is 54.2 Å². The summed E-state index contributed by atoms with van der Waals surface area (Å²) in [5.41, 5.74) is 2.44. The third-order valence-electron chi connectivity index (χ3n) is 5.97. The number of H-pyrrole nitrogens is 1. The zero-order chi connectivity index (χ0) is 22.2. The summed E-state index contributed by atoms with van der Waals surface area (Å²) >= 11 is 1.66. The van der Waals surface area contributed by atoms with Crippen molar-refractivity contribution < 1.29 is 9.47 Å². The Balaban J connectivity index is 1.14. The molecule has 0 saturated carbocycles. The molecule has 2 N–H and O–H groups in total. The number of rotatable bonds is 11. The number of aromatic nitrogens is 1. The summed E-state index contributed by atoms with van der Waals surface area (Å²) < 4.78 is 14.7. The summed E-state index contributed by atoms with van der Waals surface area (Å²) in [5.74, 6) is 1.84. The topological polar surface area (TPSA) is 52.8 Å². The Hall–Kier alpha value is -2.19. The van der Waals surface area contributed by atoms with Crippen LogP contribution in [0.4, 0.5) is 0 Å². The molecule has 0 aliphatic carbocycles. The second-order valence-electron chi connectivity index (χ2n) is 8.29. The van der Waals surface area contributed by atoms with Crippen molar-refractivity contribution in [1.29, 1.82) is 0 Å². The number of hydrogen-bond acceptors (Lipinski definition) is 6. The van der Waals surface area contributed by atoms with Crippen molar-refractivity contribution in [1.82, 2.24) is 19.5 Å². The minimum absolute atomic E-state index is 0.770. The van der Waals surface area contributed by atoms with Crippen molar-refractivity contribution in [2.24, 2.45) is 0 Å². The summed E-state index contributed by atoms with van der Waals surface area (Å²) in [5, 5.41) is 1.23. The minimum Gasteiger partial charge on any atom is -0.497 e. The summed E-state index contributed by atoms with van der Waals surface area (Å²) in [6, 6.07) is 14.5.